The molecule has 86 valence electrons. The van der Waals surface area contributed by atoms with Crippen LogP contribution < -0.4 is 4.73 Å². The van der Waals surface area contributed by atoms with E-state index in [2.05, 4.69) is 4.74 Å². The van der Waals surface area contributed by atoms with Crippen LogP contribution in [0.1, 0.15) is 10.4 Å². The molecule has 2 rings (SSSR count). The molecule has 0 atom stereocenters. The van der Waals surface area contributed by atoms with Gasteiger partial charge in [0.2, 0.25) is 12.4 Å². The Bertz CT molecular complexity index is 535. The van der Waals surface area contributed by atoms with Crippen molar-refractivity contribution in [2.24, 2.45) is 0 Å². The third-order valence-corrected chi connectivity index (χ3v) is 2.43. The summed E-state index contributed by atoms with van der Waals surface area (Å²) >= 11 is 0. The number of benzene rings is 1. The summed E-state index contributed by atoms with van der Waals surface area (Å²) in [7, 11) is 1.35. The molecule has 1 N–H and O–H groups in total. The zero-order valence-corrected chi connectivity index (χ0v) is 9.33. The van der Waals surface area contributed by atoms with E-state index in [0.29, 0.717) is 5.56 Å². The zero-order valence-electron chi connectivity index (χ0n) is 9.33. The van der Waals surface area contributed by atoms with Crippen LogP contribution in [-0.2, 0) is 4.74 Å². The van der Waals surface area contributed by atoms with Gasteiger partial charge in [0, 0.05) is 16.9 Å². The molecule has 0 aliphatic carbocycles. The Balaban J connectivity index is 2.39. The average Bonchev–Trinajstić information content (AvgIpc) is 2.39. The van der Waals surface area contributed by atoms with Gasteiger partial charge >= 0.3 is 5.97 Å². The van der Waals surface area contributed by atoms with Crippen LogP contribution in [0, 0.1) is 0 Å². The van der Waals surface area contributed by atoms with Crippen molar-refractivity contribution in [1.29, 1.82) is 0 Å². The highest BCUT2D eigenvalue weighted by atomic mass is 16.5. The Kier molecular flexibility index (Phi) is 3.05. The summed E-state index contributed by atoms with van der Waals surface area (Å²) in [5.41, 5.74) is 2.32. The molecule has 2 aromatic rings. The number of aromatic nitrogens is 1. The fourth-order valence-electron chi connectivity index (χ4n) is 1.55. The van der Waals surface area contributed by atoms with Gasteiger partial charge in [-0.3, -0.25) is 5.21 Å². The Hall–Kier alpha value is -2.36. The Morgan fingerprint density at radius 2 is 1.88 bits per heavy atom. The number of methoxy groups -OCH3 is 1. The maximum Gasteiger partial charge on any atom is 0.337 e. The summed E-state index contributed by atoms with van der Waals surface area (Å²) in [6.07, 6.45) is 3.06. The topological polar surface area (TPSA) is 50.4 Å². The van der Waals surface area contributed by atoms with Gasteiger partial charge in [-0.1, -0.05) is 12.1 Å². The fraction of sp³-hybridized carbons (Fsp3) is 0.0769. The van der Waals surface area contributed by atoms with Crippen LogP contribution in [0.5, 0.6) is 0 Å². The molecule has 17 heavy (non-hydrogen) atoms. The average molecular weight is 230 g/mol. The molecule has 1 aromatic carbocycles. The van der Waals surface area contributed by atoms with E-state index in [9.17, 15) is 4.79 Å². The fourth-order valence-corrected chi connectivity index (χ4v) is 1.55. The third kappa shape index (κ3) is 2.42. The number of pyridine rings is 1. The molecule has 1 heterocycles. The van der Waals surface area contributed by atoms with Crippen molar-refractivity contribution < 1.29 is 19.5 Å². The quantitative estimate of drug-likeness (QED) is 0.485. The summed E-state index contributed by atoms with van der Waals surface area (Å²) in [4.78, 5) is 11.4. The summed E-state index contributed by atoms with van der Waals surface area (Å²) < 4.78 is 5.63. The van der Waals surface area contributed by atoms with E-state index in [1.54, 1.807) is 30.3 Å². The molecule has 0 fully saturated rings. The van der Waals surface area contributed by atoms with E-state index < -0.39 is 0 Å². The molecule has 4 nitrogen and oxygen atoms in total. The van der Waals surface area contributed by atoms with Crippen LogP contribution in [0.25, 0.3) is 11.1 Å². The van der Waals surface area contributed by atoms with Crippen LogP contribution in [0.2, 0.25) is 0 Å². The monoisotopic (exact) mass is 230 g/mol. The van der Waals surface area contributed by atoms with Crippen LogP contribution in [-0.4, -0.2) is 18.3 Å². The predicted octanol–water partition coefficient (Wildman–Crippen LogP) is 1.66. The van der Waals surface area contributed by atoms with Gasteiger partial charge in [0.15, 0.2) is 0 Å². The van der Waals surface area contributed by atoms with Crippen molar-refractivity contribution in [3.05, 3.63) is 54.4 Å². The summed E-state index contributed by atoms with van der Waals surface area (Å²) in [5.74, 6) is -0.361. The van der Waals surface area contributed by atoms with Crippen LogP contribution >= 0.6 is 0 Å². The van der Waals surface area contributed by atoms with E-state index in [0.717, 1.165) is 15.9 Å². The number of esters is 1. The van der Waals surface area contributed by atoms with E-state index in [4.69, 9.17) is 5.21 Å². The number of hydrogen-bond acceptors (Lipinski definition) is 3. The van der Waals surface area contributed by atoms with Gasteiger partial charge in [-0.05, 0) is 23.3 Å². The Morgan fingerprint density at radius 3 is 2.53 bits per heavy atom. The van der Waals surface area contributed by atoms with E-state index in [-0.39, 0.29) is 5.97 Å². The van der Waals surface area contributed by atoms with Crippen molar-refractivity contribution in [2.45, 2.75) is 0 Å². The molecular formula is C13H12NO3+. The Morgan fingerprint density at radius 1 is 1.18 bits per heavy atom. The number of rotatable bonds is 2. The minimum Gasteiger partial charge on any atom is -0.465 e. The van der Waals surface area contributed by atoms with Crippen molar-refractivity contribution >= 4 is 5.97 Å². The number of ether oxygens (including phenoxy) is 1. The zero-order chi connectivity index (χ0) is 12.3. The van der Waals surface area contributed by atoms with Gasteiger partial charge in [0.05, 0.1) is 12.7 Å². The normalized spacial score (nSPS) is 9.94. The molecule has 1 aromatic heterocycles. The lowest BCUT2D eigenvalue weighted by molar-refractivity contribution is -0.904. The van der Waals surface area contributed by atoms with Crippen molar-refractivity contribution in [3.63, 3.8) is 0 Å². The van der Waals surface area contributed by atoms with Gasteiger partial charge in [-0.25, -0.2) is 4.79 Å². The minimum absolute atomic E-state index is 0.361. The number of nitrogens with zero attached hydrogens (tertiary/aromatic N) is 1. The first-order valence-electron chi connectivity index (χ1n) is 5.10. The van der Waals surface area contributed by atoms with Crippen molar-refractivity contribution in [2.75, 3.05) is 7.11 Å². The molecule has 0 aliphatic rings. The third-order valence-electron chi connectivity index (χ3n) is 2.43. The first-order valence-corrected chi connectivity index (χ1v) is 5.10. The van der Waals surface area contributed by atoms with Crippen LogP contribution in [0.4, 0.5) is 0 Å². The van der Waals surface area contributed by atoms with Crippen molar-refractivity contribution in [1.82, 2.24) is 0 Å². The van der Waals surface area contributed by atoms with Gasteiger partial charge in [0.25, 0.3) is 0 Å². The standard InChI is InChI=1S/C13H12NO3/c1-17-13(15)12-4-2-3-11(9-12)10-5-7-14(16)8-6-10/h2-9,16H,1H3/q+1. The molecule has 0 bridgehead atoms. The summed E-state index contributed by atoms with van der Waals surface area (Å²) in [6.45, 7) is 0. The maximum atomic E-state index is 11.4. The van der Waals surface area contributed by atoms with Gasteiger partial charge in [0.1, 0.15) is 0 Å². The lowest BCUT2D eigenvalue weighted by Crippen LogP contribution is -2.27. The van der Waals surface area contributed by atoms with E-state index in [1.165, 1.54) is 19.5 Å². The highest BCUT2D eigenvalue weighted by Gasteiger charge is 2.07. The predicted molar refractivity (Wildman–Crippen MR) is 60.6 cm³/mol. The molecular weight excluding hydrogens is 218 g/mol. The molecule has 0 aliphatic heterocycles. The Labute approximate surface area is 98.7 Å². The van der Waals surface area contributed by atoms with Gasteiger partial charge in [-0.2, -0.15) is 0 Å². The number of carbonyl (C=O) groups is 1. The number of hydrogen-bond donors (Lipinski definition) is 1. The van der Waals surface area contributed by atoms with Gasteiger partial charge in [-0.15, -0.1) is 0 Å². The molecule has 4 heteroatoms. The lowest BCUT2D eigenvalue weighted by Gasteiger charge is -2.03. The maximum absolute atomic E-state index is 11.4. The molecule has 0 unspecified atom stereocenters. The van der Waals surface area contributed by atoms with E-state index >= 15 is 0 Å². The first-order chi connectivity index (χ1) is 8.20. The largest absolute Gasteiger partial charge is 0.465 e. The molecule has 0 radical (unpaired) electrons. The van der Waals surface area contributed by atoms with E-state index in [1.807, 2.05) is 6.07 Å². The second-order valence-electron chi connectivity index (χ2n) is 3.54. The lowest BCUT2D eigenvalue weighted by atomic mass is 10.0. The van der Waals surface area contributed by atoms with Crippen LogP contribution in [0.15, 0.2) is 48.8 Å². The first kappa shape index (κ1) is 11.1. The highest BCUT2D eigenvalue weighted by Crippen LogP contribution is 2.19. The van der Waals surface area contributed by atoms with Crippen LogP contribution in [0.3, 0.4) is 0 Å². The second-order valence-corrected chi connectivity index (χ2v) is 3.54. The summed E-state index contributed by atoms with van der Waals surface area (Å²) in [6, 6.07) is 10.7. The van der Waals surface area contributed by atoms with Gasteiger partial charge < -0.3 is 4.74 Å². The molecule has 0 spiro atoms. The second kappa shape index (κ2) is 4.65. The highest BCUT2D eigenvalue weighted by molar-refractivity contribution is 5.90. The SMILES string of the molecule is COC(=O)c1cccc(-c2cc[n+](O)cc2)c1. The molecule has 0 amide bonds. The minimum atomic E-state index is -0.361. The summed E-state index contributed by atoms with van der Waals surface area (Å²) in [5, 5.41) is 9.13. The molecule has 0 saturated heterocycles. The molecule has 0 saturated carbocycles. The smallest absolute Gasteiger partial charge is 0.337 e. The van der Waals surface area contributed by atoms with Crippen molar-refractivity contribution in [3.8, 4) is 11.1 Å². The number of carbonyl (C=O) groups excluding carboxylic acids is 1.